The number of H-pyrrole nitrogens is 2. The van der Waals surface area contributed by atoms with Crippen LogP contribution in [-0.2, 0) is 9.47 Å². The fraction of sp³-hybridized carbons (Fsp3) is 0.375. The van der Waals surface area contributed by atoms with E-state index >= 15 is 0 Å². The topological polar surface area (TPSA) is 84.2 Å². The molecule has 0 atom stereocenters. The molecule has 22 heavy (non-hydrogen) atoms. The quantitative estimate of drug-likeness (QED) is 0.850. The van der Waals surface area contributed by atoms with Gasteiger partial charge in [0.25, 0.3) is 0 Å². The Kier molecular flexibility index (Phi) is 6.95. The van der Waals surface area contributed by atoms with Crippen LogP contribution in [0.1, 0.15) is 46.0 Å². The average Bonchev–Trinajstić information content (AvgIpc) is 3.11. The summed E-state index contributed by atoms with van der Waals surface area (Å²) in [5, 5.41) is 0. The van der Waals surface area contributed by atoms with E-state index in [4.69, 9.17) is 9.47 Å². The van der Waals surface area contributed by atoms with Crippen LogP contribution in [0, 0.1) is 13.8 Å². The molecule has 0 spiro atoms. The maximum absolute atomic E-state index is 11.7. The minimum Gasteiger partial charge on any atom is -0.462 e. The van der Waals surface area contributed by atoms with Gasteiger partial charge in [-0.1, -0.05) is 0 Å². The first-order chi connectivity index (χ1) is 10.5. The van der Waals surface area contributed by atoms with E-state index in [1.807, 2.05) is 24.5 Å². The fourth-order valence-electron chi connectivity index (χ4n) is 1.94. The van der Waals surface area contributed by atoms with Crippen molar-refractivity contribution >= 4 is 11.9 Å². The first-order valence-electron chi connectivity index (χ1n) is 7.14. The summed E-state index contributed by atoms with van der Waals surface area (Å²) < 4.78 is 9.83. The standard InChI is InChI=1S/C12H17NO4.C4H5N/c1-5-16-11(14)9-7(3)10(13-8(9)4)12(15)17-6-2;1-2-4-5-3-1/h13H,5-6H2,1-4H3;1-5H. The van der Waals surface area contributed by atoms with Crippen LogP contribution in [-0.4, -0.2) is 35.1 Å². The smallest absolute Gasteiger partial charge is 0.355 e. The number of ether oxygens (including phenoxy) is 2. The van der Waals surface area contributed by atoms with Crippen molar-refractivity contribution in [2.75, 3.05) is 13.2 Å². The van der Waals surface area contributed by atoms with Crippen molar-refractivity contribution in [1.29, 1.82) is 0 Å². The number of carbonyl (C=O) groups is 2. The van der Waals surface area contributed by atoms with Gasteiger partial charge in [-0.05, 0) is 45.4 Å². The molecule has 0 aliphatic heterocycles. The molecule has 0 amide bonds. The lowest BCUT2D eigenvalue weighted by Gasteiger charge is -2.02. The maximum Gasteiger partial charge on any atom is 0.355 e. The summed E-state index contributed by atoms with van der Waals surface area (Å²) >= 11 is 0. The molecule has 2 heterocycles. The highest BCUT2D eigenvalue weighted by molar-refractivity contribution is 5.98. The van der Waals surface area contributed by atoms with Crippen LogP contribution >= 0.6 is 0 Å². The number of aromatic amines is 2. The second kappa shape index (κ2) is 8.71. The molecule has 120 valence electrons. The van der Waals surface area contributed by atoms with E-state index in [0.717, 1.165) is 0 Å². The van der Waals surface area contributed by atoms with Crippen LogP contribution in [0.2, 0.25) is 0 Å². The lowest BCUT2D eigenvalue weighted by Crippen LogP contribution is -2.09. The number of aromatic nitrogens is 2. The van der Waals surface area contributed by atoms with Gasteiger partial charge in [0.2, 0.25) is 0 Å². The Morgan fingerprint density at radius 2 is 1.55 bits per heavy atom. The van der Waals surface area contributed by atoms with Crippen LogP contribution in [0.5, 0.6) is 0 Å². The number of aryl methyl sites for hydroxylation is 1. The molecule has 0 saturated carbocycles. The third kappa shape index (κ3) is 4.51. The zero-order valence-electron chi connectivity index (χ0n) is 13.4. The van der Waals surface area contributed by atoms with Crippen molar-refractivity contribution in [3.05, 3.63) is 47.0 Å². The molecule has 0 radical (unpaired) electrons. The summed E-state index contributed by atoms with van der Waals surface area (Å²) in [7, 11) is 0. The van der Waals surface area contributed by atoms with Crippen molar-refractivity contribution in [2.24, 2.45) is 0 Å². The van der Waals surface area contributed by atoms with Gasteiger partial charge in [-0.25, -0.2) is 9.59 Å². The molecule has 6 nitrogen and oxygen atoms in total. The third-order valence-corrected chi connectivity index (χ3v) is 2.89. The molecule has 0 aromatic carbocycles. The summed E-state index contributed by atoms with van der Waals surface area (Å²) in [4.78, 5) is 29.0. The van der Waals surface area contributed by atoms with Gasteiger partial charge in [0.05, 0.1) is 18.8 Å². The molecule has 2 rings (SSSR count). The SMILES string of the molecule is CCOC(=O)c1[nH]c(C)c(C(=O)OCC)c1C.c1cc[nH]c1. The number of hydrogen-bond donors (Lipinski definition) is 2. The average molecular weight is 306 g/mol. The Morgan fingerprint density at radius 3 is 2.00 bits per heavy atom. The van der Waals surface area contributed by atoms with Crippen LogP contribution in [0.25, 0.3) is 0 Å². The van der Waals surface area contributed by atoms with Gasteiger partial charge >= 0.3 is 11.9 Å². The lowest BCUT2D eigenvalue weighted by molar-refractivity contribution is 0.0518. The van der Waals surface area contributed by atoms with Gasteiger partial charge in [-0.2, -0.15) is 0 Å². The van der Waals surface area contributed by atoms with Gasteiger partial charge < -0.3 is 19.4 Å². The van der Waals surface area contributed by atoms with Crippen LogP contribution in [0.15, 0.2) is 24.5 Å². The Morgan fingerprint density at radius 1 is 1.00 bits per heavy atom. The Labute approximate surface area is 129 Å². The van der Waals surface area contributed by atoms with E-state index in [2.05, 4.69) is 9.97 Å². The van der Waals surface area contributed by atoms with E-state index in [9.17, 15) is 9.59 Å². The van der Waals surface area contributed by atoms with E-state index in [-0.39, 0.29) is 0 Å². The molecule has 0 bridgehead atoms. The molecule has 0 fully saturated rings. The minimum absolute atomic E-state index is 0.297. The number of carbonyl (C=O) groups excluding carboxylic acids is 2. The molecule has 0 unspecified atom stereocenters. The Hall–Kier alpha value is -2.50. The van der Waals surface area contributed by atoms with Crippen molar-refractivity contribution < 1.29 is 19.1 Å². The van der Waals surface area contributed by atoms with Crippen molar-refractivity contribution in [2.45, 2.75) is 27.7 Å². The fourth-order valence-corrected chi connectivity index (χ4v) is 1.94. The van der Waals surface area contributed by atoms with Gasteiger partial charge in [-0.3, -0.25) is 0 Å². The lowest BCUT2D eigenvalue weighted by atomic mass is 10.1. The summed E-state index contributed by atoms with van der Waals surface area (Å²) in [6.45, 7) is 7.49. The predicted molar refractivity (Wildman–Crippen MR) is 83.0 cm³/mol. The predicted octanol–water partition coefficient (Wildman–Crippen LogP) is 3.00. The van der Waals surface area contributed by atoms with Crippen LogP contribution in [0.3, 0.4) is 0 Å². The molecule has 0 aliphatic rings. The highest BCUT2D eigenvalue weighted by atomic mass is 16.5. The Bertz CT molecular complexity index is 583. The minimum atomic E-state index is -0.455. The largest absolute Gasteiger partial charge is 0.462 e. The summed E-state index contributed by atoms with van der Waals surface area (Å²) in [6, 6.07) is 3.89. The van der Waals surface area contributed by atoms with Gasteiger partial charge in [-0.15, -0.1) is 0 Å². The summed E-state index contributed by atoms with van der Waals surface area (Å²) in [6.07, 6.45) is 3.75. The van der Waals surface area contributed by atoms with Crippen molar-refractivity contribution in [3.8, 4) is 0 Å². The van der Waals surface area contributed by atoms with Gasteiger partial charge in [0.1, 0.15) is 5.69 Å². The van der Waals surface area contributed by atoms with Crippen LogP contribution < -0.4 is 0 Å². The molecule has 2 aromatic rings. The van der Waals surface area contributed by atoms with E-state index in [1.54, 1.807) is 27.7 Å². The zero-order chi connectivity index (χ0) is 16.5. The molecular weight excluding hydrogens is 284 g/mol. The zero-order valence-corrected chi connectivity index (χ0v) is 13.4. The number of rotatable bonds is 4. The van der Waals surface area contributed by atoms with Gasteiger partial charge in [0, 0.05) is 18.1 Å². The first-order valence-corrected chi connectivity index (χ1v) is 7.14. The molecule has 2 N–H and O–H groups in total. The molecule has 2 aromatic heterocycles. The number of nitrogens with one attached hydrogen (secondary N) is 2. The third-order valence-electron chi connectivity index (χ3n) is 2.89. The van der Waals surface area contributed by atoms with Crippen molar-refractivity contribution in [1.82, 2.24) is 9.97 Å². The second-order valence-electron chi connectivity index (χ2n) is 4.45. The highest BCUT2D eigenvalue weighted by Gasteiger charge is 2.23. The summed E-state index contributed by atoms with van der Waals surface area (Å²) in [5.74, 6) is -0.877. The van der Waals surface area contributed by atoms with Gasteiger partial charge in [0.15, 0.2) is 0 Å². The van der Waals surface area contributed by atoms with Crippen LogP contribution in [0.4, 0.5) is 0 Å². The second-order valence-corrected chi connectivity index (χ2v) is 4.45. The van der Waals surface area contributed by atoms with E-state index in [0.29, 0.717) is 35.7 Å². The highest BCUT2D eigenvalue weighted by Crippen LogP contribution is 2.19. The number of hydrogen-bond acceptors (Lipinski definition) is 4. The molecule has 0 aliphatic carbocycles. The molecule has 6 heteroatoms. The monoisotopic (exact) mass is 306 g/mol. The first kappa shape index (κ1) is 17.6. The summed E-state index contributed by atoms with van der Waals surface area (Å²) in [5.41, 5.74) is 1.91. The Balaban J connectivity index is 0.000000406. The normalized spacial score (nSPS) is 9.64. The maximum atomic E-state index is 11.7. The molecule has 0 saturated heterocycles. The number of esters is 2. The van der Waals surface area contributed by atoms with E-state index in [1.165, 1.54) is 0 Å². The van der Waals surface area contributed by atoms with E-state index < -0.39 is 11.9 Å². The van der Waals surface area contributed by atoms with Crippen molar-refractivity contribution in [3.63, 3.8) is 0 Å². The molecular formula is C16H22N2O4.